The number of anilines is 1. The van der Waals surface area contributed by atoms with Gasteiger partial charge in [-0.3, -0.25) is 13.9 Å². The second kappa shape index (κ2) is 11.7. The molecule has 1 N–H and O–H groups in total. The number of aryl methyl sites for hydroxylation is 1. The van der Waals surface area contributed by atoms with Crippen molar-refractivity contribution in [1.29, 1.82) is 0 Å². The van der Waals surface area contributed by atoms with E-state index in [0.717, 1.165) is 28.1 Å². The highest BCUT2D eigenvalue weighted by molar-refractivity contribution is 9.10. The van der Waals surface area contributed by atoms with E-state index in [0.29, 0.717) is 10.2 Å². The number of rotatable bonds is 10. The van der Waals surface area contributed by atoms with Crippen molar-refractivity contribution in [1.82, 2.24) is 10.2 Å². The Morgan fingerprint density at radius 2 is 1.73 bits per heavy atom. The molecule has 0 aromatic heterocycles. The molecule has 33 heavy (non-hydrogen) atoms. The van der Waals surface area contributed by atoms with Crippen LogP contribution in [0.3, 0.4) is 0 Å². The summed E-state index contributed by atoms with van der Waals surface area (Å²) < 4.78 is 26.8. The van der Waals surface area contributed by atoms with Crippen molar-refractivity contribution >= 4 is 43.5 Å². The van der Waals surface area contributed by atoms with Gasteiger partial charge in [0, 0.05) is 17.1 Å². The van der Waals surface area contributed by atoms with Crippen molar-refractivity contribution in [2.45, 2.75) is 52.7 Å². The first-order valence-electron chi connectivity index (χ1n) is 10.8. The average Bonchev–Trinajstić information content (AvgIpc) is 2.75. The molecule has 0 fully saturated rings. The largest absolute Gasteiger partial charge is 0.352 e. The zero-order valence-corrected chi connectivity index (χ0v) is 22.1. The Hall–Kier alpha value is -2.39. The molecule has 0 saturated carbocycles. The lowest BCUT2D eigenvalue weighted by molar-refractivity contribution is -0.139. The van der Waals surface area contributed by atoms with Crippen molar-refractivity contribution < 1.29 is 18.0 Å². The molecular weight excluding hydrogens is 506 g/mol. The summed E-state index contributed by atoms with van der Waals surface area (Å²) in [4.78, 5) is 27.7. The summed E-state index contributed by atoms with van der Waals surface area (Å²) in [5.41, 5.74) is 2.30. The lowest BCUT2D eigenvalue weighted by atomic mass is 10.1. The first-order chi connectivity index (χ1) is 15.4. The summed E-state index contributed by atoms with van der Waals surface area (Å²) >= 11 is 3.34. The van der Waals surface area contributed by atoms with E-state index in [1.54, 1.807) is 31.2 Å². The summed E-state index contributed by atoms with van der Waals surface area (Å²) in [6.45, 7) is 7.26. The molecule has 2 amide bonds. The topological polar surface area (TPSA) is 86.8 Å². The van der Waals surface area contributed by atoms with Gasteiger partial charge in [0.1, 0.15) is 12.6 Å². The minimum absolute atomic E-state index is 0.0366. The molecule has 2 aromatic carbocycles. The number of benzene rings is 2. The second-order valence-corrected chi connectivity index (χ2v) is 11.1. The van der Waals surface area contributed by atoms with Gasteiger partial charge in [-0.05, 0) is 51.0 Å². The van der Waals surface area contributed by atoms with Crippen LogP contribution >= 0.6 is 15.9 Å². The first-order valence-corrected chi connectivity index (χ1v) is 13.4. The van der Waals surface area contributed by atoms with E-state index in [9.17, 15) is 18.0 Å². The first kappa shape index (κ1) is 26.9. The molecule has 0 aliphatic carbocycles. The molecule has 0 aliphatic heterocycles. The fraction of sp³-hybridized carbons (Fsp3) is 0.417. The molecular formula is C24H32BrN3O4S. The monoisotopic (exact) mass is 537 g/mol. The minimum Gasteiger partial charge on any atom is -0.352 e. The maximum atomic E-state index is 13.5. The van der Waals surface area contributed by atoms with Crippen LogP contribution in [-0.4, -0.2) is 50.0 Å². The Balaban J connectivity index is 2.37. The van der Waals surface area contributed by atoms with Gasteiger partial charge in [0.2, 0.25) is 21.8 Å². The van der Waals surface area contributed by atoms with E-state index < -0.39 is 28.5 Å². The molecule has 2 aromatic rings. The van der Waals surface area contributed by atoms with Crippen LogP contribution in [0.5, 0.6) is 0 Å². The van der Waals surface area contributed by atoms with Gasteiger partial charge in [0.05, 0.1) is 11.9 Å². The third-order valence-corrected chi connectivity index (χ3v) is 7.05. The van der Waals surface area contributed by atoms with Crippen molar-refractivity contribution in [3.05, 3.63) is 64.1 Å². The molecule has 0 heterocycles. The van der Waals surface area contributed by atoms with Crippen molar-refractivity contribution in [2.75, 3.05) is 17.1 Å². The number of hydrogen-bond acceptors (Lipinski definition) is 4. The number of carbonyl (C=O) groups excluding carboxylic acids is 2. The van der Waals surface area contributed by atoms with Gasteiger partial charge in [-0.2, -0.15) is 0 Å². The summed E-state index contributed by atoms with van der Waals surface area (Å²) in [5.74, 6) is -0.744. The van der Waals surface area contributed by atoms with E-state index in [2.05, 4.69) is 21.2 Å². The Morgan fingerprint density at radius 3 is 2.27 bits per heavy atom. The molecule has 9 heteroatoms. The Morgan fingerprint density at radius 1 is 1.09 bits per heavy atom. The fourth-order valence-electron chi connectivity index (χ4n) is 3.18. The van der Waals surface area contributed by atoms with Gasteiger partial charge in [0.15, 0.2) is 0 Å². The van der Waals surface area contributed by atoms with Crippen LogP contribution < -0.4 is 9.62 Å². The molecule has 7 nitrogen and oxygen atoms in total. The molecule has 0 radical (unpaired) electrons. The standard InChI is InChI=1S/C24H32BrN3O4S/c1-6-18(3)26-24(30)19(4)27(15-20-12-10-17(2)11-13-20)23(29)16-28(33(5,31)32)22-9-7-8-21(25)14-22/h7-14,18-19H,6,15-16H2,1-5H3,(H,26,30)/t18-,19+/m0/s1. The van der Waals surface area contributed by atoms with Crippen LogP contribution in [0.25, 0.3) is 0 Å². The lowest BCUT2D eigenvalue weighted by Crippen LogP contribution is -2.52. The summed E-state index contributed by atoms with van der Waals surface area (Å²) in [6, 6.07) is 13.6. The highest BCUT2D eigenvalue weighted by Gasteiger charge is 2.30. The molecule has 180 valence electrons. The fourth-order valence-corrected chi connectivity index (χ4v) is 4.41. The van der Waals surface area contributed by atoms with Gasteiger partial charge >= 0.3 is 0 Å². The Kier molecular flexibility index (Phi) is 9.48. The maximum Gasteiger partial charge on any atom is 0.244 e. The van der Waals surface area contributed by atoms with Crippen LogP contribution in [-0.2, 0) is 26.2 Å². The zero-order chi connectivity index (χ0) is 24.8. The van der Waals surface area contributed by atoms with Gasteiger partial charge in [-0.15, -0.1) is 0 Å². The molecule has 0 bridgehead atoms. The molecule has 2 rings (SSSR count). The van der Waals surface area contributed by atoms with Crippen LogP contribution in [0, 0.1) is 6.92 Å². The summed E-state index contributed by atoms with van der Waals surface area (Å²) in [5, 5.41) is 2.91. The van der Waals surface area contributed by atoms with E-state index in [1.165, 1.54) is 4.90 Å². The average molecular weight is 539 g/mol. The van der Waals surface area contributed by atoms with Crippen molar-refractivity contribution in [2.24, 2.45) is 0 Å². The highest BCUT2D eigenvalue weighted by atomic mass is 79.9. The third kappa shape index (κ3) is 7.85. The Labute approximate surface area is 205 Å². The summed E-state index contributed by atoms with van der Waals surface area (Å²) in [6.07, 6.45) is 1.82. The van der Waals surface area contributed by atoms with Gasteiger partial charge < -0.3 is 10.2 Å². The molecule has 0 spiro atoms. The molecule has 0 aliphatic rings. The number of nitrogens with zero attached hydrogens (tertiary/aromatic N) is 2. The number of amides is 2. The molecule has 0 unspecified atom stereocenters. The van der Waals surface area contributed by atoms with E-state index in [1.807, 2.05) is 45.0 Å². The highest BCUT2D eigenvalue weighted by Crippen LogP contribution is 2.23. The van der Waals surface area contributed by atoms with E-state index in [4.69, 9.17) is 0 Å². The minimum atomic E-state index is -3.75. The maximum absolute atomic E-state index is 13.5. The van der Waals surface area contributed by atoms with Crippen LogP contribution in [0.4, 0.5) is 5.69 Å². The predicted molar refractivity (Wildman–Crippen MR) is 135 cm³/mol. The molecule has 2 atom stereocenters. The normalized spacial score (nSPS) is 13.2. The van der Waals surface area contributed by atoms with E-state index in [-0.39, 0.29) is 18.5 Å². The van der Waals surface area contributed by atoms with Gasteiger partial charge in [0.25, 0.3) is 0 Å². The summed E-state index contributed by atoms with van der Waals surface area (Å²) in [7, 11) is -3.75. The SMILES string of the molecule is CC[C@H](C)NC(=O)[C@@H](C)N(Cc1ccc(C)cc1)C(=O)CN(c1cccc(Br)c1)S(C)(=O)=O. The van der Waals surface area contributed by atoms with Crippen LogP contribution in [0.2, 0.25) is 0 Å². The quantitative estimate of drug-likeness (QED) is 0.498. The molecule has 0 saturated heterocycles. The lowest BCUT2D eigenvalue weighted by Gasteiger charge is -2.32. The third-order valence-electron chi connectivity index (χ3n) is 5.42. The number of sulfonamides is 1. The second-order valence-electron chi connectivity index (χ2n) is 8.25. The van der Waals surface area contributed by atoms with Gasteiger partial charge in [-0.25, -0.2) is 8.42 Å². The van der Waals surface area contributed by atoms with E-state index >= 15 is 0 Å². The van der Waals surface area contributed by atoms with Crippen molar-refractivity contribution in [3.63, 3.8) is 0 Å². The predicted octanol–water partition coefficient (Wildman–Crippen LogP) is 3.86. The number of carbonyl (C=O) groups is 2. The number of hydrogen-bond donors (Lipinski definition) is 1. The van der Waals surface area contributed by atoms with Gasteiger partial charge in [-0.1, -0.05) is 58.7 Å². The number of halogens is 1. The zero-order valence-electron chi connectivity index (χ0n) is 19.7. The smallest absolute Gasteiger partial charge is 0.244 e. The Bertz CT molecular complexity index is 1070. The van der Waals surface area contributed by atoms with Crippen LogP contribution in [0.1, 0.15) is 38.3 Å². The van der Waals surface area contributed by atoms with Crippen LogP contribution in [0.15, 0.2) is 53.0 Å². The number of nitrogens with one attached hydrogen (secondary N) is 1. The van der Waals surface area contributed by atoms with Crippen molar-refractivity contribution in [3.8, 4) is 0 Å².